The third kappa shape index (κ3) is 2.86. The second-order valence-electron chi connectivity index (χ2n) is 6.83. The van der Waals surface area contributed by atoms with E-state index in [4.69, 9.17) is 0 Å². The molecule has 2 aliphatic heterocycles. The normalized spacial score (nSPS) is 30.6. The number of benzene rings is 1. The highest BCUT2D eigenvalue weighted by Gasteiger charge is 2.41. The van der Waals surface area contributed by atoms with Gasteiger partial charge in [-0.25, -0.2) is 4.39 Å². The van der Waals surface area contributed by atoms with Gasteiger partial charge in [0.1, 0.15) is 5.82 Å². The summed E-state index contributed by atoms with van der Waals surface area (Å²) in [5, 5.41) is 3.61. The second-order valence-corrected chi connectivity index (χ2v) is 6.83. The quantitative estimate of drug-likeness (QED) is 0.910. The monoisotopic (exact) mass is 290 g/mol. The molecule has 0 aromatic heterocycles. The van der Waals surface area contributed by atoms with Crippen molar-refractivity contribution >= 4 is 0 Å². The molecule has 2 aliphatic rings. The lowest BCUT2D eigenvalue weighted by Gasteiger charge is -2.40. The lowest BCUT2D eigenvalue weighted by atomic mass is 9.82. The number of fused-ring (bicyclic) bond motifs is 2. The van der Waals surface area contributed by atoms with Gasteiger partial charge in [0, 0.05) is 18.1 Å². The van der Waals surface area contributed by atoms with Crippen molar-refractivity contribution < 1.29 is 4.39 Å². The summed E-state index contributed by atoms with van der Waals surface area (Å²) in [5.74, 6) is 0.548. The Balaban J connectivity index is 1.83. The van der Waals surface area contributed by atoms with Crippen LogP contribution in [0.5, 0.6) is 0 Å². The average Bonchev–Trinajstić information content (AvgIpc) is 2.70. The minimum absolute atomic E-state index is 0.0775. The lowest BCUT2D eigenvalue weighted by Crippen LogP contribution is -2.43. The molecule has 1 N–H and O–H groups in total. The molecule has 3 unspecified atom stereocenters. The zero-order chi connectivity index (χ0) is 15.0. The largest absolute Gasteiger partial charge is 0.310 e. The maximum atomic E-state index is 13.9. The SMILES string of the molecule is CCNC(c1ccc(C)c(F)c1)C1CC2CCC(C1)N2C. The first kappa shape index (κ1) is 15.0. The first-order valence-corrected chi connectivity index (χ1v) is 8.31. The van der Waals surface area contributed by atoms with Crippen LogP contribution in [0.3, 0.4) is 0 Å². The second kappa shape index (κ2) is 6.05. The van der Waals surface area contributed by atoms with Crippen LogP contribution in [0.25, 0.3) is 0 Å². The van der Waals surface area contributed by atoms with Crippen LogP contribution in [0, 0.1) is 18.7 Å². The summed E-state index contributed by atoms with van der Waals surface area (Å²) in [4.78, 5) is 2.56. The summed E-state index contributed by atoms with van der Waals surface area (Å²) in [6.07, 6.45) is 5.14. The molecule has 2 saturated heterocycles. The van der Waals surface area contributed by atoms with Crippen LogP contribution in [-0.4, -0.2) is 30.6 Å². The third-order valence-electron chi connectivity index (χ3n) is 5.59. The van der Waals surface area contributed by atoms with E-state index < -0.39 is 0 Å². The molecular weight excluding hydrogens is 263 g/mol. The molecule has 2 bridgehead atoms. The van der Waals surface area contributed by atoms with E-state index in [2.05, 4.69) is 30.3 Å². The first-order chi connectivity index (χ1) is 10.1. The molecule has 1 aromatic carbocycles. The van der Waals surface area contributed by atoms with Gasteiger partial charge in [0.15, 0.2) is 0 Å². The van der Waals surface area contributed by atoms with Gasteiger partial charge in [0.05, 0.1) is 0 Å². The maximum absolute atomic E-state index is 13.9. The molecule has 0 amide bonds. The van der Waals surface area contributed by atoms with E-state index in [1.807, 2.05) is 13.0 Å². The smallest absolute Gasteiger partial charge is 0.126 e. The first-order valence-electron chi connectivity index (χ1n) is 8.31. The van der Waals surface area contributed by atoms with Crippen molar-refractivity contribution in [3.05, 3.63) is 35.1 Å². The highest BCUT2D eigenvalue weighted by Crippen LogP contribution is 2.42. The predicted molar refractivity (Wildman–Crippen MR) is 84.9 cm³/mol. The van der Waals surface area contributed by atoms with Gasteiger partial charge in [0.2, 0.25) is 0 Å². The fraction of sp³-hybridized carbons (Fsp3) is 0.667. The molecule has 3 atom stereocenters. The summed E-state index contributed by atoms with van der Waals surface area (Å²) < 4.78 is 13.9. The summed E-state index contributed by atoms with van der Waals surface area (Å²) in [6.45, 7) is 4.90. The van der Waals surface area contributed by atoms with Crippen LogP contribution in [0.4, 0.5) is 4.39 Å². The van der Waals surface area contributed by atoms with Crippen molar-refractivity contribution in [1.82, 2.24) is 10.2 Å². The van der Waals surface area contributed by atoms with Crippen molar-refractivity contribution in [1.29, 1.82) is 0 Å². The van der Waals surface area contributed by atoms with Gasteiger partial charge in [0.25, 0.3) is 0 Å². The van der Waals surface area contributed by atoms with Gasteiger partial charge in [-0.1, -0.05) is 19.1 Å². The van der Waals surface area contributed by atoms with Gasteiger partial charge in [-0.15, -0.1) is 0 Å². The molecule has 2 heterocycles. The van der Waals surface area contributed by atoms with E-state index >= 15 is 0 Å². The minimum atomic E-state index is -0.0775. The van der Waals surface area contributed by atoms with Crippen molar-refractivity contribution in [2.24, 2.45) is 5.92 Å². The Kier molecular flexibility index (Phi) is 4.32. The highest BCUT2D eigenvalue weighted by atomic mass is 19.1. The summed E-state index contributed by atoms with van der Waals surface area (Å²) in [5.41, 5.74) is 1.85. The minimum Gasteiger partial charge on any atom is -0.310 e. The predicted octanol–water partition coefficient (Wildman–Crippen LogP) is 3.66. The summed E-state index contributed by atoms with van der Waals surface area (Å²) >= 11 is 0. The van der Waals surface area contributed by atoms with Crippen molar-refractivity contribution in [2.75, 3.05) is 13.6 Å². The van der Waals surface area contributed by atoms with Crippen LogP contribution in [0.1, 0.15) is 49.8 Å². The third-order valence-corrected chi connectivity index (χ3v) is 5.59. The van der Waals surface area contributed by atoms with Gasteiger partial charge in [-0.05, 0) is 69.3 Å². The average molecular weight is 290 g/mol. The number of piperidine rings is 1. The molecule has 0 radical (unpaired) electrons. The fourth-order valence-corrected chi connectivity index (χ4v) is 4.30. The number of hydrogen-bond acceptors (Lipinski definition) is 2. The Bertz CT molecular complexity index is 488. The molecule has 3 heteroatoms. The standard InChI is InChI=1S/C18H27FN2/c1-4-20-18(13-6-5-12(2)17(19)11-13)14-9-15-7-8-16(10-14)21(15)3/h5-6,11,14-16,18,20H,4,7-10H2,1-3H3. The van der Waals surface area contributed by atoms with E-state index in [9.17, 15) is 4.39 Å². The Morgan fingerprint density at radius 1 is 1.29 bits per heavy atom. The topological polar surface area (TPSA) is 15.3 Å². The Morgan fingerprint density at radius 3 is 2.52 bits per heavy atom. The number of rotatable bonds is 4. The Hall–Kier alpha value is -0.930. The Labute approximate surface area is 127 Å². The number of nitrogens with zero attached hydrogens (tertiary/aromatic N) is 1. The van der Waals surface area contributed by atoms with Crippen LogP contribution in [0.15, 0.2) is 18.2 Å². The zero-order valence-electron chi connectivity index (χ0n) is 13.4. The fourth-order valence-electron chi connectivity index (χ4n) is 4.30. The van der Waals surface area contributed by atoms with E-state index in [1.165, 1.54) is 25.7 Å². The van der Waals surface area contributed by atoms with E-state index in [0.717, 1.165) is 29.8 Å². The van der Waals surface area contributed by atoms with Gasteiger partial charge >= 0.3 is 0 Å². The molecule has 3 rings (SSSR count). The number of aryl methyl sites for hydroxylation is 1. The molecule has 0 spiro atoms. The van der Waals surface area contributed by atoms with E-state index in [-0.39, 0.29) is 5.82 Å². The molecule has 2 nitrogen and oxygen atoms in total. The van der Waals surface area contributed by atoms with Crippen LogP contribution >= 0.6 is 0 Å². The highest BCUT2D eigenvalue weighted by molar-refractivity contribution is 5.26. The van der Waals surface area contributed by atoms with Crippen LogP contribution in [-0.2, 0) is 0 Å². The lowest BCUT2D eigenvalue weighted by molar-refractivity contribution is 0.113. The number of nitrogens with one attached hydrogen (secondary N) is 1. The summed E-state index contributed by atoms with van der Waals surface area (Å²) in [7, 11) is 2.27. The maximum Gasteiger partial charge on any atom is 0.126 e. The van der Waals surface area contributed by atoms with Crippen LogP contribution < -0.4 is 5.32 Å². The Morgan fingerprint density at radius 2 is 1.95 bits per heavy atom. The van der Waals surface area contributed by atoms with E-state index in [1.54, 1.807) is 6.07 Å². The van der Waals surface area contributed by atoms with Crippen LogP contribution in [0.2, 0.25) is 0 Å². The van der Waals surface area contributed by atoms with Crippen molar-refractivity contribution in [3.63, 3.8) is 0 Å². The van der Waals surface area contributed by atoms with E-state index in [0.29, 0.717) is 12.0 Å². The molecule has 0 saturated carbocycles. The molecular formula is C18H27FN2. The van der Waals surface area contributed by atoms with Gasteiger partial charge < -0.3 is 10.2 Å². The number of hydrogen-bond donors (Lipinski definition) is 1. The number of halogens is 1. The molecule has 21 heavy (non-hydrogen) atoms. The molecule has 1 aromatic rings. The van der Waals surface area contributed by atoms with Crippen molar-refractivity contribution in [3.8, 4) is 0 Å². The zero-order valence-corrected chi connectivity index (χ0v) is 13.4. The van der Waals surface area contributed by atoms with Crippen molar-refractivity contribution in [2.45, 2.75) is 57.7 Å². The van der Waals surface area contributed by atoms with Gasteiger partial charge in [-0.2, -0.15) is 0 Å². The molecule has 116 valence electrons. The molecule has 2 fully saturated rings. The summed E-state index contributed by atoms with van der Waals surface area (Å²) in [6, 6.07) is 7.50. The molecule has 0 aliphatic carbocycles. The van der Waals surface area contributed by atoms with Gasteiger partial charge in [-0.3, -0.25) is 0 Å².